The summed E-state index contributed by atoms with van der Waals surface area (Å²) in [7, 11) is 0. The van der Waals surface area contributed by atoms with Crippen LogP contribution in [0.4, 0.5) is 5.82 Å². The topological polar surface area (TPSA) is 45.2 Å². The lowest BCUT2D eigenvalue weighted by Gasteiger charge is -1.90. The van der Waals surface area contributed by atoms with Gasteiger partial charge in [-0.3, -0.25) is 0 Å². The highest BCUT2D eigenvalue weighted by Crippen LogP contribution is 2.20. The van der Waals surface area contributed by atoms with Crippen LogP contribution < -0.4 is 0 Å². The molecule has 1 aromatic carbocycles. The zero-order valence-electron chi connectivity index (χ0n) is 7.16. The third-order valence-corrected chi connectivity index (χ3v) is 1.93. The van der Waals surface area contributed by atoms with Gasteiger partial charge in [0.05, 0.1) is 0 Å². The molecule has 0 fully saturated rings. The number of benzene rings is 1. The van der Waals surface area contributed by atoms with Gasteiger partial charge in [-0.1, -0.05) is 12.1 Å². The predicted molar refractivity (Wildman–Crippen MR) is 50.8 cm³/mol. The number of rotatable bonds is 1. The van der Waals surface area contributed by atoms with Crippen LogP contribution in [0, 0.1) is 6.92 Å². The van der Waals surface area contributed by atoms with Crippen LogP contribution in [-0.4, -0.2) is 11.1 Å². The summed E-state index contributed by atoms with van der Waals surface area (Å²) >= 11 is 0. The number of nitrogens with zero attached hydrogens (tertiary/aromatic N) is 1. The van der Waals surface area contributed by atoms with Gasteiger partial charge in [0.25, 0.3) is 0 Å². The van der Waals surface area contributed by atoms with Crippen LogP contribution >= 0.6 is 0 Å². The summed E-state index contributed by atoms with van der Waals surface area (Å²) in [6.07, 6.45) is 1.50. The fraction of sp³-hybridized carbons (Fsp3) is 0.100. The van der Waals surface area contributed by atoms with Crippen LogP contribution in [0.15, 0.2) is 29.3 Å². The molecular weight excluding hydrogens is 164 g/mol. The van der Waals surface area contributed by atoms with Crippen LogP contribution in [0.2, 0.25) is 0 Å². The van der Waals surface area contributed by atoms with Crippen molar-refractivity contribution in [3.8, 4) is 0 Å². The summed E-state index contributed by atoms with van der Waals surface area (Å²) in [6.45, 7) is 2.02. The van der Waals surface area contributed by atoms with E-state index in [0.29, 0.717) is 5.82 Å². The number of isocyanates is 1. The first-order valence-corrected chi connectivity index (χ1v) is 3.97. The lowest BCUT2D eigenvalue weighted by molar-refractivity contribution is 0.565. The van der Waals surface area contributed by atoms with E-state index < -0.39 is 0 Å². The SMILES string of the molecule is Cc1ccc2cc(N=C=O)[nH]c2c1. The molecule has 3 nitrogen and oxygen atoms in total. The maximum Gasteiger partial charge on any atom is 0.242 e. The van der Waals surface area contributed by atoms with E-state index in [-0.39, 0.29) is 0 Å². The molecule has 0 radical (unpaired) electrons. The van der Waals surface area contributed by atoms with Crippen molar-refractivity contribution in [2.45, 2.75) is 6.92 Å². The fourth-order valence-corrected chi connectivity index (χ4v) is 1.33. The largest absolute Gasteiger partial charge is 0.339 e. The van der Waals surface area contributed by atoms with Gasteiger partial charge in [-0.25, -0.2) is 4.79 Å². The second-order valence-electron chi connectivity index (χ2n) is 2.95. The molecule has 0 spiro atoms. The van der Waals surface area contributed by atoms with Gasteiger partial charge in [0.15, 0.2) is 0 Å². The van der Waals surface area contributed by atoms with E-state index in [0.717, 1.165) is 10.9 Å². The Morgan fingerprint density at radius 2 is 2.23 bits per heavy atom. The Bertz CT molecular complexity index is 493. The van der Waals surface area contributed by atoms with Crippen LogP contribution in [0.5, 0.6) is 0 Å². The Labute approximate surface area is 75.1 Å². The highest BCUT2D eigenvalue weighted by Gasteiger charge is 1.98. The van der Waals surface area contributed by atoms with Gasteiger partial charge in [0, 0.05) is 10.9 Å². The summed E-state index contributed by atoms with van der Waals surface area (Å²) in [5, 5.41) is 1.06. The van der Waals surface area contributed by atoms with Crippen LogP contribution in [-0.2, 0) is 4.79 Å². The van der Waals surface area contributed by atoms with Crippen molar-refractivity contribution in [1.29, 1.82) is 0 Å². The number of H-pyrrole nitrogens is 1. The van der Waals surface area contributed by atoms with Gasteiger partial charge in [0.1, 0.15) is 5.82 Å². The van der Waals surface area contributed by atoms with Crippen molar-refractivity contribution in [3.63, 3.8) is 0 Å². The van der Waals surface area contributed by atoms with Crippen LogP contribution in [0.3, 0.4) is 0 Å². The summed E-state index contributed by atoms with van der Waals surface area (Å²) in [4.78, 5) is 16.5. The average Bonchev–Trinajstić information content (AvgIpc) is 2.46. The number of nitrogens with one attached hydrogen (secondary N) is 1. The Balaban J connectivity index is 2.68. The number of aliphatic imine (C=N–C) groups is 1. The minimum atomic E-state index is 0.551. The lowest BCUT2D eigenvalue weighted by atomic mass is 10.2. The molecule has 0 saturated carbocycles. The Morgan fingerprint density at radius 1 is 1.38 bits per heavy atom. The first-order chi connectivity index (χ1) is 6.29. The van der Waals surface area contributed by atoms with Crippen molar-refractivity contribution < 1.29 is 4.79 Å². The third-order valence-electron chi connectivity index (χ3n) is 1.93. The molecule has 0 aliphatic carbocycles. The second kappa shape index (κ2) is 2.88. The van der Waals surface area contributed by atoms with Crippen LogP contribution in [0.1, 0.15) is 5.56 Å². The van der Waals surface area contributed by atoms with E-state index in [2.05, 4.69) is 9.98 Å². The number of aromatic amines is 1. The maximum absolute atomic E-state index is 10.0. The van der Waals surface area contributed by atoms with E-state index in [1.807, 2.05) is 31.2 Å². The van der Waals surface area contributed by atoms with Gasteiger partial charge < -0.3 is 4.98 Å². The minimum Gasteiger partial charge on any atom is -0.339 e. The van der Waals surface area contributed by atoms with Crippen molar-refractivity contribution in [2.24, 2.45) is 4.99 Å². The summed E-state index contributed by atoms with van der Waals surface area (Å²) in [5.74, 6) is 0.551. The molecule has 1 N–H and O–H groups in total. The zero-order chi connectivity index (χ0) is 9.26. The molecule has 0 saturated heterocycles. The highest BCUT2D eigenvalue weighted by atomic mass is 16.1. The van der Waals surface area contributed by atoms with Gasteiger partial charge in [-0.15, -0.1) is 4.99 Å². The molecule has 0 amide bonds. The molecule has 2 rings (SSSR count). The van der Waals surface area contributed by atoms with Gasteiger partial charge in [-0.2, -0.15) is 0 Å². The number of hydrogen-bond donors (Lipinski definition) is 1. The van der Waals surface area contributed by atoms with Crippen LogP contribution in [0.25, 0.3) is 10.9 Å². The molecule has 0 atom stereocenters. The summed E-state index contributed by atoms with van der Waals surface area (Å²) in [5.41, 5.74) is 2.17. The molecule has 0 aliphatic rings. The fourth-order valence-electron chi connectivity index (χ4n) is 1.33. The second-order valence-corrected chi connectivity index (χ2v) is 2.95. The van der Waals surface area contributed by atoms with E-state index in [1.54, 1.807) is 0 Å². The normalized spacial score (nSPS) is 9.92. The monoisotopic (exact) mass is 172 g/mol. The lowest BCUT2D eigenvalue weighted by Crippen LogP contribution is -1.70. The summed E-state index contributed by atoms with van der Waals surface area (Å²) < 4.78 is 0. The standard InChI is InChI=1S/C10H8N2O/c1-7-2-3-8-5-10(11-6-13)12-9(8)4-7/h2-5,12H,1H3. The predicted octanol–water partition coefficient (Wildman–Crippen LogP) is 2.44. The van der Waals surface area contributed by atoms with E-state index in [4.69, 9.17) is 0 Å². The van der Waals surface area contributed by atoms with Gasteiger partial charge in [-0.05, 0) is 24.6 Å². The first-order valence-electron chi connectivity index (χ1n) is 3.97. The molecule has 1 heterocycles. The molecule has 0 bridgehead atoms. The molecule has 0 unspecified atom stereocenters. The number of aryl methyl sites for hydroxylation is 1. The van der Waals surface area contributed by atoms with E-state index in [9.17, 15) is 4.79 Å². The zero-order valence-corrected chi connectivity index (χ0v) is 7.16. The van der Waals surface area contributed by atoms with Crippen molar-refractivity contribution in [3.05, 3.63) is 29.8 Å². The molecule has 13 heavy (non-hydrogen) atoms. The Morgan fingerprint density at radius 3 is 3.00 bits per heavy atom. The highest BCUT2D eigenvalue weighted by molar-refractivity contribution is 5.84. The number of fused-ring (bicyclic) bond motifs is 1. The van der Waals surface area contributed by atoms with E-state index in [1.165, 1.54) is 11.6 Å². The molecule has 0 aliphatic heterocycles. The molecule has 64 valence electrons. The van der Waals surface area contributed by atoms with E-state index >= 15 is 0 Å². The number of hydrogen-bond acceptors (Lipinski definition) is 2. The van der Waals surface area contributed by atoms with Gasteiger partial charge >= 0.3 is 0 Å². The first kappa shape index (κ1) is 7.77. The summed E-state index contributed by atoms with van der Waals surface area (Å²) in [6, 6.07) is 7.84. The number of carbonyl (C=O) groups excluding carboxylic acids is 1. The smallest absolute Gasteiger partial charge is 0.242 e. The number of aromatic nitrogens is 1. The molecule has 3 heteroatoms. The molecule has 1 aromatic heterocycles. The Hall–Kier alpha value is -1.86. The van der Waals surface area contributed by atoms with Crippen molar-refractivity contribution in [2.75, 3.05) is 0 Å². The minimum absolute atomic E-state index is 0.551. The third kappa shape index (κ3) is 1.37. The van der Waals surface area contributed by atoms with Gasteiger partial charge in [0.2, 0.25) is 6.08 Å². The molecule has 2 aromatic rings. The maximum atomic E-state index is 10.0. The van der Waals surface area contributed by atoms with Crippen molar-refractivity contribution >= 4 is 22.8 Å². The van der Waals surface area contributed by atoms with Crippen molar-refractivity contribution in [1.82, 2.24) is 4.98 Å². The Kier molecular flexibility index (Phi) is 1.72. The molecular formula is C10H8N2O. The average molecular weight is 172 g/mol. The quantitative estimate of drug-likeness (QED) is 0.521.